The van der Waals surface area contributed by atoms with E-state index in [0.717, 1.165) is 18.7 Å². The number of nitriles is 1. The van der Waals surface area contributed by atoms with Gasteiger partial charge in [-0.25, -0.2) is 4.79 Å². The van der Waals surface area contributed by atoms with Crippen LogP contribution in [0.5, 0.6) is 0 Å². The molecule has 1 aliphatic rings. The lowest BCUT2D eigenvalue weighted by Crippen LogP contribution is -2.28. The molecule has 33 heavy (non-hydrogen) atoms. The maximum Gasteiger partial charge on any atom is 0.319 e. The summed E-state index contributed by atoms with van der Waals surface area (Å²) in [6, 6.07) is 23.3. The molecule has 0 unspecified atom stereocenters. The van der Waals surface area contributed by atoms with E-state index in [1.807, 2.05) is 18.2 Å². The van der Waals surface area contributed by atoms with Crippen LogP contribution in [0.25, 0.3) is 0 Å². The molecule has 0 saturated carbocycles. The Hall–Kier alpha value is -4.31. The van der Waals surface area contributed by atoms with Crippen molar-refractivity contribution in [2.45, 2.75) is 19.4 Å². The predicted octanol–water partition coefficient (Wildman–Crippen LogP) is 4.73. The van der Waals surface area contributed by atoms with Gasteiger partial charge < -0.3 is 20.9 Å². The number of anilines is 3. The van der Waals surface area contributed by atoms with Crippen LogP contribution in [0.3, 0.4) is 0 Å². The van der Waals surface area contributed by atoms with Gasteiger partial charge in [-0.3, -0.25) is 4.79 Å². The summed E-state index contributed by atoms with van der Waals surface area (Å²) in [5.41, 5.74) is 4.13. The fourth-order valence-corrected chi connectivity index (χ4v) is 3.77. The Morgan fingerprint density at radius 1 is 0.879 bits per heavy atom. The van der Waals surface area contributed by atoms with Gasteiger partial charge in [0.05, 0.1) is 11.6 Å². The van der Waals surface area contributed by atoms with Crippen LogP contribution >= 0.6 is 0 Å². The summed E-state index contributed by atoms with van der Waals surface area (Å²) in [4.78, 5) is 27.3. The van der Waals surface area contributed by atoms with Crippen LogP contribution < -0.4 is 20.9 Å². The lowest BCUT2D eigenvalue weighted by Gasteiger charge is -2.17. The molecule has 3 N–H and O–H groups in total. The summed E-state index contributed by atoms with van der Waals surface area (Å²) in [5, 5.41) is 17.4. The van der Waals surface area contributed by atoms with Crippen molar-refractivity contribution in [3.63, 3.8) is 0 Å². The molecule has 7 heteroatoms. The number of nitrogens with zero attached hydrogens (tertiary/aromatic N) is 2. The fraction of sp³-hybridized carbons (Fsp3) is 0.192. The Morgan fingerprint density at radius 3 is 2.30 bits per heavy atom. The van der Waals surface area contributed by atoms with Gasteiger partial charge in [0.25, 0.3) is 5.91 Å². The molecule has 3 amide bonds. The minimum atomic E-state index is -0.349. The normalized spacial score (nSPS) is 12.6. The van der Waals surface area contributed by atoms with E-state index < -0.39 is 0 Å². The molecule has 4 rings (SSSR count). The summed E-state index contributed by atoms with van der Waals surface area (Å²) in [6.45, 7) is 2.61. The third-order valence-corrected chi connectivity index (χ3v) is 5.49. The summed E-state index contributed by atoms with van der Waals surface area (Å²) >= 11 is 0. The third-order valence-electron chi connectivity index (χ3n) is 5.49. The summed E-state index contributed by atoms with van der Waals surface area (Å²) < 4.78 is 0. The molecule has 0 radical (unpaired) electrons. The fourth-order valence-electron chi connectivity index (χ4n) is 3.77. The first-order valence-electron chi connectivity index (χ1n) is 10.9. The van der Waals surface area contributed by atoms with Crippen molar-refractivity contribution in [3.05, 3.63) is 89.5 Å². The summed E-state index contributed by atoms with van der Waals surface area (Å²) in [7, 11) is 0. The Kier molecular flexibility index (Phi) is 6.86. The summed E-state index contributed by atoms with van der Waals surface area (Å²) in [5.74, 6) is -0.327. The molecule has 0 bridgehead atoms. The van der Waals surface area contributed by atoms with Gasteiger partial charge in [-0.05, 0) is 66.9 Å². The van der Waals surface area contributed by atoms with Crippen molar-refractivity contribution in [2.24, 2.45) is 0 Å². The third kappa shape index (κ3) is 5.89. The number of nitrogens with one attached hydrogen (secondary N) is 3. The van der Waals surface area contributed by atoms with E-state index in [0.29, 0.717) is 29.0 Å². The van der Waals surface area contributed by atoms with Crippen LogP contribution in [0.2, 0.25) is 0 Å². The van der Waals surface area contributed by atoms with Gasteiger partial charge in [-0.2, -0.15) is 5.26 Å². The number of rotatable bonds is 6. The molecular weight excluding hydrogens is 414 g/mol. The lowest BCUT2D eigenvalue weighted by molar-refractivity contribution is 0.102. The van der Waals surface area contributed by atoms with Crippen molar-refractivity contribution < 1.29 is 9.59 Å². The van der Waals surface area contributed by atoms with Crippen molar-refractivity contribution in [1.29, 1.82) is 5.26 Å². The molecule has 1 fully saturated rings. The number of benzene rings is 3. The van der Waals surface area contributed by atoms with Gasteiger partial charge in [0.15, 0.2) is 0 Å². The van der Waals surface area contributed by atoms with Crippen LogP contribution in [0.4, 0.5) is 21.9 Å². The Balaban J connectivity index is 1.30. The molecule has 166 valence electrons. The maximum atomic E-state index is 12.6. The van der Waals surface area contributed by atoms with E-state index in [1.165, 1.54) is 18.5 Å². The molecule has 1 heterocycles. The second-order valence-corrected chi connectivity index (χ2v) is 7.90. The number of amides is 3. The zero-order valence-electron chi connectivity index (χ0n) is 18.2. The van der Waals surface area contributed by atoms with Crippen LogP contribution in [0.1, 0.15) is 34.3 Å². The molecule has 0 aliphatic carbocycles. The van der Waals surface area contributed by atoms with Gasteiger partial charge in [-0.1, -0.05) is 24.3 Å². The van der Waals surface area contributed by atoms with Crippen molar-refractivity contribution in [2.75, 3.05) is 28.6 Å². The van der Waals surface area contributed by atoms with E-state index in [1.54, 1.807) is 48.5 Å². The highest BCUT2D eigenvalue weighted by atomic mass is 16.2. The standard InChI is InChI=1S/C26H25N5O2/c27-17-20-5-3-7-22(15-20)29-25(32)21-6-4-8-23(16-21)30-26(33)28-18-19-9-11-24(12-10-19)31-13-1-2-14-31/h3-12,15-16H,1-2,13-14,18H2,(H,29,32)(H2,28,30,33). The highest BCUT2D eigenvalue weighted by Crippen LogP contribution is 2.20. The Bertz CT molecular complexity index is 1180. The first-order chi connectivity index (χ1) is 16.1. The van der Waals surface area contributed by atoms with Crippen molar-refractivity contribution in [3.8, 4) is 6.07 Å². The predicted molar refractivity (Wildman–Crippen MR) is 129 cm³/mol. The highest BCUT2D eigenvalue weighted by molar-refractivity contribution is 6.05. The maximum absolute atomic E-state index is 12.6. The van der Waals surface area contributed by atoms with Crippen LogP contribution in [0.15, 0.2) is 72.8 Å². The zero-order valence-corrected chi connectivity index (χ0v) is 18.2. The average Bonchev–Trinajstić information content (AvgIpc) is 3.38. The molecule has 1 saturated heterocycles. The van der Waals surface area contributed by atoms with Crippen LogP contribution in [0, 0.1) is 11.3 Å². The SMILES string of the molecule is N#Cc1cccc(NC(=O)c2cccc(NC(=O)NCc3ccc(N4CCCC4)cc3)c2)c1. The van der Waals surface area contributed by atoms with E-state index in [4.69, 9.17) is 5.26 Å². The van der Waals surface area contributed by atoms with Gasteiger partial charge in [0.1, 0.15) is 0 Å². The minimum absolute atomic E-state index is 0.327. The monoisotopic (exact) mass is 439 g/mol. The van der Waals surface area contributed by atoms with Crippen molar-refractivity contribution in [1.82, 2.24) is 5.32 Å². The largest absolute Gasteiger partial charge is 0.372 e. The molecule has 3 aromatic rings. The zero-order chi connectivity index (χ0) is 23.0. The van der Waals surface area contributed by atoms with Gasteiger partial charge >= 0.3 is 6.03 Å². The van der Waals surface area contributed by atoms with E-state index in [2.05, 4.69) is 33.0 Å². The number of hydrogen-bond donors (Lipinski definition) is 3. The van der Waals surface area contributed by atoms with E-state index in [9.17, 15) is 9.59 Å². The molecule has 0 aromatic heterocycles. The van der Waals surface area contributed by atoms with E-state index >= 15 is 0 Å². The Morgan fingerprint density at radius 2 is 1.58 bits per heavy atom. The first-order valence-corrected chi connectivity index (χ1v) is 10.9. The highest BCUT2D eigenvalue weighted by Gasteiger charge is 2.12. The second-order valence-electron chi connectivity index (χ2n) is 7.90. The molecule has 1 aliphatic heterocycles. The quantitative estimate of drug-likeness (QED) is 0.517. The summed E-state index contributed by atoms with van der Waals surface area (Å²) in [6.07, 6.45) is 2.47. The molecule has 0 spiro atoms. The van der Waals surface area contributed by atoms with Gasteiger partial charge in [0, 0.05) is 42.3 Å². The Labute approximate surface area is 193 Å². The van der Waals surface area contributed by atoms with E-state index in [-0.39, 0.29) is 11.9 Å². The van der Waals surface area contributed by atoms with Gasteiger partial charge in [-0.15, -0.1) is 0 Å². The number of carbonyl (C=O) groups excluding carboxylic acids is 2. The first kappa shape index (κ1) is 21.9. The molecule has 7 nitrogen and oxygen atoms in total. The van der Waals surface area contributed by atoms with Crippen LogP contribution in [-0.2, 0) is 6.54 Å². The minimum Gasteiger partial charge on any atom is -0.372 e. The number of carbonyl (C=O) groups is 2. The average molecular weight is 440 g/mol. The van der Waals surface area contributed by atoms with Gasteiger partial charge in [0.2, 0.25) is 0 Å². The number of hydrogen-bond acceptors (Lipinski definition) is 4. The molecule has 3 aromatic carbocycles. The molecule has 0 atom stereocenters. The van der Waals surface area contributed by atoms with Crippen LogP contribution in [-0.4, -0.2) is 25.0 Å². The smallest absolute Gasteiger partial charge is 0.319 e. The second kappa shape index (κ2) is 10.3. The molecular formula is C26H25N5O2. The topological polar surface area (TPSA) is 97.3 Å². The number of urea groups is 1. The van der Waals surface area contributed by atoms with Crippen molar-refractivity contribution >= 4 is 29.0 Å². The lowest BCUT2D eigenvalue weighted by atomic mass is 10.1.